The van der Waals surface area contributed by atoms with Crippen LogP contribution in [0.4, 0.5) is 0 Å². The number of carbonyl (C=O) groups is 1. The molecular formula is C40H42O4. The summed E-state index contributed by atoms with van der Waals surface area (Å²) in [6.07, 6.45) is 4.83. The number of hydrogen-bond donors (Lipinski definition) is 0. The summed E-state index contributed by atoms with van der Waals surface area (Å²) >= 11 is 0. The zero-order valence-electron chi connectivity index (χ0n) is 26.6. The summed E-state index contributed by atoms with van der Waals surface area (Å²) in [4.78, 5) is 10.8. The van der Waals surface area contributed by atoms with Crippen molar-refractivity contribution in [2.75, 3.05) is 13.2 Å². The fraction of sp³-hybridized carbons (Fsp3) is 0.325. The molecule has 0 bridgehead atoms. The van der Waals surface area contributed by atoms with Gasteiger partial charge in [-0.25, -0.2) is 0 Å². The van der Waals surface area contributed by atoms with Crippen LogP contribution in [0.3, 0.4) is 0 Å². The Balaban J connectivity index is 1.34. The first kappa shape index (κ1) is 32.2. The standard InChI is InChI=1S/C40H42O4/c1-6-34-27-32(12-11-31-16-22-38(23-17-31)44-40(3,4)5)13-18-35(34)19-14-33-15-20-37-29-39(24-21-36(37)28-33)43-26-10-8-7-9-25-42-30(2)41/h13,15-18,20-24,27-29H,6-10,25-26H2,1-5H3. The lowest BCUT2D eigenvalue weighted by atomic mass is 10.0. The largest absolute Gasteiger partial charge is 0.494 e. The monoisotopic (exact) mass is 586 g/mol. The first-order chi connectivity index (χ1) is 21.2. The van der Waals surface area contributed by atoms with Gasteiger partial charge in [-0.05, 0) is 136 Å². The number of fused-ring (bicyclic) bond motifs is 1. The fourth-order valence-corrected chi connectivity index (χ4v) is 4.68. The lowest BCUT2D eigenvalue weighted by molar-refractivity contribution is -0.141. The van der Waals surface area contributed by atoms with E-state index in [0.717, 1.165) is 76.6 Å². The van der Waals surface area contributed by atoms with E-state index in [2.05, 4.69) is 73.1 Å². The third-order valence-electron chi connectivity index (χ3n) is 6.88. The topological polar surface area (TPSA) is 44.8 Å². The first-order valence-corrected chi connectivity index (χ1v) is 15.4. The maximum absolute atomic E-state index is 10.8. The van der Waals surface area contributed by atoms with E-state index < -0.39 is 0 Å². The summed E-state index contributed by atoms with van der Waals surface area (Å²) in [7, 11) is 0. The molecule has 0 spiro atoms. The molecule has 0 unspecified atom stereocenters. The summed E-state index contributed by atoms with van der Waals surface area (Å²) in [6, 6.07) is 26.6. The molecule has 4 heteroatoms. The second-order valence-corrected chi connectivity index (χ2v) is 11.8. The van der Waals surface area contributed by atoms with Crippen LogP contribution >= 0.6 is 0 Å². The molecule has 0 fully saturated rings. The first-order valence-electron chi connectivity index (χ1n) is 15.4. The summed E-state index contributed by atoms with van der Waals surface area (Å²) < 4.78 is 16.8. The molecule has 4 aromatic carbocycles. The van der Waals surface area contributed by atoms with Gasteiger partial charge in [-0.3, -0.25) is 4.79 Å². The molecule has 4 nitrogen and oxygen atoms in total. The Morgan fingerprint density at radius 1 is 0.659 bits per heavy atom. The van der Waals surface area contributed by atoms with Crippen LogP contribution in [0.5, 0.6) is 11.5 Å². The predicted molar refractivity (Wildman–Crippen MR) is 179 cm³/mol. The number of aryl methyl sites for hydroxylation is 1. The molecule has 44 heavy (non-hydrogen) atoms. The van der Waals surface area contributed by atoms with Crippen LogP contribution in [0.25, 0.3) is 10.8 Å². The maximum atomic E-state index is 10.8. The van der Waals surface area contributed by atoms with Gasteiger partial charge in [0.2, 0.25) is 0 Å². The third kappa shape index (κ3) is 10.6. The Labute approximate surface area is 262 Å². The SMILES string of the molecule is CCc1cc(C#Cc2ccc(OC(C)(C)C)cc2)ccc1C#Cc1ccc2cc(OCCCCCCOC(C)=O)ccc2c1. The molecular weight excluding hydrogens is 544 g/mol. The molecule has 0 aliphatic carbocycles. The Morgan fingerprint density at radius 2 is 1.25 bits per heavy atom. The smallest absolute Gasteiger partial charge is 0.302 e. The lowest BCUT2D eigenvalue weighted by Gasteiger charge is -2.21. The second-order valence-electron chi connectivity index (χ2n) is 11.8. The second kappa shape index (κ2) is 15.7. The maximum Gasteiger partial charge on any atom is 0.302 e. The minimum atomic E-state index is -0.223. The number of carbonyl (C=O) groups excluding carboxylic acids is 1. The van der Waals surface area contributed by atoms with Gasteiger partial charge < -0.3 is 14.2 Å². The van der Waals surface area contributed by atoms with Gasteiger partial charge in [0.25, 0.3) is 0 Å². The zero-order chi connectivity index (χ0) is 31.4. The average Bonchev–Trinajstić information content (AvgIpc) is 3.00. The zero-order valence-corrected chi connectivity index (χ0v) is 26.6. The lowest BCUT2D eigenvalue weighted by Crippen LogP contribution is -2.22. The van der Waals surface area contributed by atoms with Crippen molar-refractivity contribution >= 4 is 16.7 Å². The van der Waals surface area contributed by atoms with E-state index in [9.17, 15) is 4.79 Å². The Kier molecular flexibility index (Phi) is 11.5. The van der Waals surface area contributed by atoms with Crippen molar-refractivity contribution in [2.45, 2.75) is 72.3 Å². The molecule has 0 amide bonds. The molecule has 226 valence electrons. The van der Waals surface area contributed by atoms with Gasteiger partial charge in [0.15, 0.2) is 0 Å². The number of ether oxygens (including phenoxy) is 3. The van der Waals surface area contributed by atoms with Crippen LogP contribution in [0.1, 0.15) is 88.1 Å². The van der Waals surface area contributed by atoms with Crippen molar-refractivity contribution in [2.24, 2.45) is 0 Å². The summed E-state index contributed by atoms with van der Waals surface area (Å²) in [5.41, 5.74) is 4.89. The molecule has 0 saturated heterocycles. The molecule has 0 aliphatic heterocycles. The number of benzene rings is 4. The van der Waals surface area contributed by atoms with Crippen molar-refractivity contribution < 1.29 is 19.0 Å². The predicted octanol–water partition coefficient (Wildman–Crippen LogP) is 8.88. The minimum Gasteiger partial charge on any atom is -0.494 e. The van der Waals surface area contributed by atoms with Gasteiger partial charge in [0, 0.05) is 29.2 Å². The van der Waals surface area contributed by atoms with Gasteiger partial charge in [-0.15, -0.1) is 0 Å². The van der Waals surface area contributed by atoms with Gasteiger partial charge in [0.1, 0.15) is 17.1 Å². The highest BCUT2D eigenvalue weighted by atomic mass is 16.5. The molecule has 4 rings (SSSR count). The van der Waals surface area contributed by atoms with Gasteiger partial charge in [-0.1, -0.05) is 42.7 Å². The van der Waals surface area contributed by atoms with Crippen LogP contribution in [0.15, 0.2) is 78.9 Å². The van der Waals surface area contributed by atoms with Crippen LogP contribution in [0, 0.1) is 23.7 Å². The summed E-state index contributed by atoms with van der Waals surface area (Å²) in [5, 5.41) is 2.26. The van der Waals surface area contributed by atoms with Crippen LogP contribution < -0.4 is 9.47 Å². The highest BCUT2D eigenvalue weighted by molar-refractivity contribution is 5.85. The summed E-state index contributed by atoms with van der Waals surface area (Å²) in [6.45, 7) is 10.9. The highest BCUT2D eigenvalue weighted by Crippen LogP contribution is 2.23. The van der Waals surface area contributed by atoms with E-state index in [1.54, 1.807) is 0 Å². The number of hydrogen-bond acceptors (Lipinski definition) is 4. The highest BCUT2D eigenvalue weighted by Gasteiger charge is 2.11. The average molecular weight is 587 g/mol. The summed E-state index contributed by atoms with van der Waals surface area (Å²) in [5.74, 6) is 14.8. The van der Waals surface area contributed by atoms with E-state index in [-0.39, 0.29) is 11.6 Å². The van der Waals surface area contributed by atoms with Crippen LogP contribution in [-0.2, 0) is 16.0 Å². The molecule has 4 aromatic rings. The molecule has 0 aromatic heterocycles. The van der Waals surface area contributed by atoms with Crippen molar-refractivity contribution in [3.05, 3.63) is 107 Å². The Bertz CT molecular complexity index is 1690. The quantitative estimate of drug-likeness (QED) is 0.106. The van der Waals surface area contributed by atoms with Crippen molar-refractivity contribution in [3.63, 3.8) is 0 Å². The Hall–Kier alpha value is -4.67. The number of esters is 1. The van der Waals surface area contributed by atoms with Gasteiger partial charge in [-0.2, -0.15) is 0 Å². The Morgan fingerprint density at radius 3 is 1.98 bits per heavy atom. The van der Waals surface area contributed by atoms with E-state index in [1.807, 2.05) is 57.2 Å². The molecule has 0 aliphatic rings. The van der Waals surface area contributed by atoms with Gasteiger partial charge in [0.05, 0.1) is 13.2 Å². The van der Waals surface area contributed by atoms with Crippen LogP contribution in [0.2, 0.25) is 0 Å². The molecule has 0 saturated carbocycles. The van der Waals surface area contributed by atoms with Crippen molar-refractivity contribution in [1.29, 1.82) is 0 Å². The molecule has 0 radical (unpaired) electrons. The van der Waals surface area contributed by atoms with E-state index in [0.29, 0.717) is 13.2 Å². The van der Waals surface area contributed by atoms with Crippen LogP contribution in [-0.4, -0.2) is 24.8 Å². The van der Waals surface area contributed by atoms with Crippen molar-refractivity contribution in [1.82, 2.24) is 0 Å². The van der Waals surface area contributed by atoms with Gasteiger partial charge >= 0.3 is 5.97 Å². The van der Waals surface area contributed by atoms with Crippen molar-refractivity contribution in [3.8, 4) is 35.2 Å². The number of rotatable bonds is 10. The van der Waals surface area contributed by atoms with E-state index in [1.165, 1.54) is 12.5 Å². The third-order valence-corrected chi connectivity index (χ3v) is 6.88. The molecule has 0 atom stereocenters. The normalized spacial score (nSPS) is 10.8. The molecule has 0 N–H and O–H groups in total. The minimum absolute atomic E-state index is 0.215. The fourth-order valence-electron chi connectivity index (χ4n) is 4.68. The number of unbranched alkanes of at least 4 members (excludes halogenated alkanes) is 3. The van der Waals surface area contributed by atoms with E-state index in [4.69, 9.17) is 14.2 Å². The van der Waals surface area contributed by atoms with E-state index >= 15 is 0 Å². The molecule has 0 heterocycles.